The molecule has 146 valence electrons. The summed E-state index contributed by atoms with van der Waals surface area (Å²) in [4.78, 5) is 29.1. The second kappa shape index (κ2) is 8.27. The molecular weight excluding hydrogens is 356 g/mol. The Bertz CT molecular complexity index is 947. The number of carbonyl (C=O) groups excluding carboxylic acids is 2. The van der Waals surface area contributed by atoms with Crippen molar-refractivity contribution in [3.8, 4) is 0 Å². The molecule has 0 saturated carbocycles. The van der Waals surface area contributed by atoms with E-state index in [0.29, 0.717) is 0 Å². The third kappa shape index (κ3) is 3.39. The van der Waals surface area contributed by atoms with Gasteiger partial charge >= 0.3 is 11.9 Å². The average Bonchev–Trinajstić information content (AvgIpc) is 3.13. The lowest BCUT2D eigenvalue weighted by Crippen LogP contribution is -2.61. The fourth-order valence-electron chi connectivity index (χ4n) is 3.49. The van der Waals surface area contributed by atoms with Crippen LogP contribution < -0.4 is 5.73 Å². The summed E-state index contributed by atoms with van der Waals surface area (Å²) in [6.07, 6.45) is 1.78. The zero-order valence-corrected chi connectivity index (χ0v) is 16.0. The lowest BCUT2D eigenvalue weighted by atomic mass is 9.75. The van der Waals surface area contributed by atoms with Crippen molar-refractivity contribution in [2.45, 2.75) is 25.3 Å². The number of aromatic amines is 1. The molecule has 0 bridgehead atoms. The molecule has 0 spiro atoms. The van der Waals surface area contributed by atoms with Crippen LogP contribution in [0.5, 0.6) is 0 Å². The molecule has 3 aromatic rings. The van der Waals surface area contributed by atoms with Crippen LogP contribution >= 0.6 is 0 Å². The monoisotopic (exact) mass is 380 g/mol. The number of nitrogens with two attached hydrogens (primary N) is 1. The van der Waals surface area contributed by atoms with Crippen LogP contribution in [0.15, 0.2) is 60.8 Å². The Balaban J connectivity index is 2.27. The summed E-state index contributed by atoms with van der Waals surface area (Å²) >= 11 is 0. The zero-order valence-electron chi connectivity index (χ0n) is 16.0. The zero-order chi connectivity index (χ0) is 20.1. The van der Waals surface area contributed by atoms with E-state index >= 15 is 0 Å². The van der Waals surface area contributed by atoms with Crippen molar-refractivity contribution in [2.75, 3.05) is 13.2 Å². The highest BCUT2D eigenvalue weighted by molar-refractivity contribution is 6.07. The number of hydrogen-bond acceptors (Lipinski definition) is 5. The average molecular weight is 380 g/mol. The minimum Gasteiger partial charge on any atom is -0.464 e. The number of aromatic nitrogens is 1. The van der Waals surface area contributed by atoms with Gasteiger partial charge < -0.3 is 20.2 Å². The number of hydrogen-bond donors (Lipinski definition) is 2. The van der Waals surface area contributed by atoms with Crippen molar-refractivity contribution in [1.29, 1.82) is 0 Å². The molecular formula is C22H24N2O4. The Labute approximate surface area is 163 Å². The van der Waals surface area contributed by atoms with E-state index in [1.54, 1.807) is 20.0 Å². The Hall–Kier alpha value is -3.12. The van der Waals surface area contributed by atoms with Gasteiger partial charge in [0, 0.05) is 17.1 Å². The fraction of sp³-hybridized carbons (Fsp3) is 0.273. The summed E-state index contributed by atoms with van der Waals surface area (Å²) in [5, 5.41) is 0.875. The second-order valence-corrected chi connectivity index (χ2v) is 6.44. The second-order valence-electron chi connectivity index (χ2n) is 6.44. The molecule has 6 heteroatoms. The van der Waals surface area contributed by atoms with Gasteiger partial charge in [0.15, 0.2) is 0 Å². The van der Waals surface area contributed by atoms with Crippen LogP contribution in [-0.2, 0) is 19.1 Å². The molecule has 0 aliphatic rings. The number of para-hydroxylation sites is 1. The van der Waals surface area contributed by atoms with E-state index in [2.05, 4.69) is 4.98 Å². The maximum atomic E-state index is 13.0. The summed E-state index contributed by atoms with van der Waals surface area (Å²) in [6, 6.07) is 16.9. The third-order valence-electron chi connectivity index (χ3n) is 4.75. The molecule has 6 nitrogen and oxygen atoms in total. The Morgan fingerprint density at radius 1 is 0.964 bits per heavy atom. The van der Waals surface area contributed by atoms with Crippen LogP contribution in [0.2, 0.25) is 0 Å². The van der Waals surface area contributed by atoms with Gasteiger partial charge in [-0.25, -0.2) is 9.59 Å². The Morgan fingerprint density at radius 2 is 1.54 bits per heavy atom. The first-order valence-electron chi connectivity index (χ1n) is 9.28. The van der Waals surface area contributed by atoms with Gasteiger partial charge in [-0.1, -0.05) is 48.5 Å². The van der Waals surface area contributed by atoms with Crippen LogP contribution in [0.1, 0.15) is 30.9 Å². The van der Waals surface area contributed by atoms with Gasteiger partial charge in [-0.15, -0.1) is 0 Å². The summed E-state index contributed by atoms with van der Waals surface area (Å²) in [5.74, 6) is -2.41. The van der Waals surface area contributed by atoms with Gasteiger partial charge in [-0.3, -0.25) is 0 Å². The SMILES string of the molecule is CCOC(=O)C(N)(C(=O)OCC)[C@@H](c1ccccc1)c1c[nH]c2ccccc12. The van der Waals surface area contributed by atoms with Crippen molar-refractivity contribution in [3.63, 3.8) is 0 Å². The van der Waals surface area contributed by atoms with Crippen LogP contribution in [0.25, 0.3) is 10.9 Å². The Kier molecular flexibility index (Phi) is 5.80. The maximum Gasteiger partial charge on any atom is 0.338 e. The predicted octanol–water partition coefficient (Wildman–Crippen LogP) is 3.12. The number of H-pyrrole nitrogens is 1. The highest BCUT2D eigenvalue weighted by Crippen LogP contribution is 2.39. The molecule has 2 aromatic carbocycles. The van der Waals surface area contributed by atoms with Crippen molar-refractivity contribution < 1.29 is 19.1 Å². The van der Waals surface area contributed by atoms with Gasteiger partial charge in [0.25, 0.3) is 0 Å². The van der Waals surface area contributed by atoms with Crippen molar-refractivity contribution >= 4 is 22.8 Å². The topological polar surface area (TPSA) is 94.4 Å². The lowest BCUT2D eigenvalue weighted by Gasteiger charge is -2.33. The maximum absolute atomic E-state index is 13.0. The summed E-state index contributed by atoms with van der Waals surface area (Å²) in [5.41, 5.74) is 6.85. The van der Waals surface area contributed by atoms with E-state index in [4.69, 9.17) is 15.2 Å². The minimum atomic E-state index is -2.03. The van der Waals surface area contributed by atoms with Gasteiger partial charge in [0.05, 0.1) is 19.1 Å². The van der Waals surface area contributed by atoms with Crippen LogP contribution in [0.4, 0.5) is 0 Å². The highest BCUT2D eigenvalue weighted by Gasteiger charge is 2.53. The third-order valence-corrected chi connectivity index (χ3v) is 4.75. The smallest absolute Gasteiger partial charge is 0.338 e. The summed E-state index contributed by atoms with van der Waals surface area (Å²) in [7, 11) is 0. The van der Waals surface area contributed by atoms with Crippen molar-refractivity contribution in [2.24, 2.45) is 5.73 Å². The number of rotatable bonds is 7. The molecule has 3 N–H and O–H groups in total. The minimum absolute atomic E-state index is 0.104. The predicted molar refractivity (Wildman–Crippen MR) is 107 cm³/mol. The molecule has 0 fully saturated rings. The van der Waals surface area contributed by atoms with E-state index < -0.39 is 23.4 Å². The lowest BCUT2D eigenvalue weighted by molar-refractivity contribution is -0.164. The highest BCUT2D eigenvalue weighted by atomic mass is 16.6. The molecule has 0 unspecified atom stereocenters. The number of nitrogens with one attached hydrogen (secondary N) is 1. The van der Waals surface area contributed by atoms with Gasteiger partial charge in [0.1, 0.15) is 0 Å². The molecule has 28 heavy (non-hydrogen) atoms. The van der Waals surface area contributed by atoms with E-state index in [9.17, 15) is 9.59 Å². The van der Waals surface area contributed by atoms with E-state index in [1.807, 2.05) is 54.6 Å². The van der Waals surface area contributed by atoms with Gasteiger partial charge in [0.2, 0.25) is 5.54 Å². The Morgan fingerprint density at radius 3 is 2.14 bits per heavy atom. The van der Waals surface area contributed by atoms with Crippen LogP contribution in [0.3, 0.4) is 0 Å². The van der Waals surface area contributed by atoms with Crippen molar-refractivity contribution in [3.05, 3.63) is 71.9 Å². The van der Waals surface area contributed by atoms with E-state index in [1.165, 1.54) is 0 Å². The van der Waals surface area contributed by atoms with E-state index in [0.717, 1.165) is 22.0 Å². The number of benzene rings is 2. The summed E-state index contributed by atoms with van der Waals surface area (Å²) in [6.45, 7) is 3.55. The number of fused-ring (bicyclic) bond motifs is 1. The normalized spacial score (nSPS) is 12.5. The first-order chi connectivity index (χ1) is 13.5. The molecule has 0 saturated heterocycles. The number of ether oxygens (including phenoxy) is 2. The molecule has 1 atom stereocenters. The number of esters is 2. The quantitative estimate of drug-likeness (QED) is 0.485. The largest absolute Gasteiger partial charge is 0.464 e. The molecule has 1 heterocycles. The van der Waals surface area contributed by atoms with Crippen LogP contribution in [0, 0.1) is 0 Å². The van der Waals surface area contributed by atoms with E-state index in [-0.39, 0.29) is 13.2 Å². The first kappa shape index (κ1) is 19.6. The molecule has 0 aliphatic carbocycles. The summed E-state index contributed by atoms with van der Waals surface area (Å²) < 4.78 is 10.4. The van der Waals surface area contributed by atoms with Gasteiger partial charge in [-0.05, 0) is 31.0 Å². The molecule has 3 rings (SSSR count). The van der Waals surface area contributed by atoms with Crippen molar-refractivity contribution in [1.82, 2.24) is 4.98 Å². The first-order valence-corrected chi connectivity index (χ1v) is 9.28. The molecule has 0 aliphatic heterocycles. The molecule has 0 radical (unpaired) electrons. The fourth-order valence-corrected chi connectivity index (χ4v) is 3.49. The molecule has 0 amide bonds. The van der Waals surface area contributed by atoms with Gasteiger partial charge in [-0.2, -0.15) is 0 Å². The number of carbonyl (C=O) groups is 2. The van der Waals surface area contributed by atoms with Crippen LogP contribution in [-0.4, -0.2) is 35.7 Å². The molecule has 1 aromatic heterocycles. The standard InChI is InChI=1S/C22H24N2O4/c1-3-27-20(25)22(23,21(26)28-4-2)19(15-10-6-5-7-11-15)17-14-24-18-13-9-8-12-16(17)18/h5-14,19,24H,3-4,23H2,1-2H3/t19-/m0/s1.